The van der Waals surface area contributed by atoms with Crippen LogP contribution in [0, 0.1) is 11.3 Å². The third kappa shape index (κ3) is 5.65. The van der Waals surface area contributed by atoms with Gasteiger partial charge in [0.2, 0.25) is 0 Å². The Labute approximate surface area is 237 Å². The summed E-state index contributed by atoms with van der Waals surface area (Å²) >= 11 is 0. The minimum absolute atomic E-state index is 0.0107. The summed E-state index contributed by atoms with van der Waals surface area (Å²) in [5.74, 6) is -1.25. The van der Waals surface area contributed by atoms with Crippen molar-refractivity contribution in [2.24, 2.45) is 11.3 Å². The summed E-state index contributed by atoms with van der Waals surface area (Å²) in [6.45, 7) is 8.25. The van der Waals surface area contributed by atoms with E-state index in [4.69, 9.17) is 14.2 Å². The van der Waals surface area contributed by atoms with Crippen molar-refractivity contribution in [3.8, 4) is 0 Å². The number of hydrogen-bond donors (Lipinski definition) is 1. The number of epoxide rings is 1. The Hall–Kier alpha value is -3.22. The molecule has 6 atom stereocenters. The molecule has 0 bridgehead atoms. The van der Waals surface area contributed by atoms with Crippen LogP contribution < -0.4 is 0 Å². The average molecular weight is 545 g/mol. The third-order valence-corrected chi connectivity index (χ3v) is 9.06. The van der Waals surface area contributed by atoms with Crippen LogP contribution in [0.4, 0.5) is 0 Å². The normalized spacial score (nSPS) is 32.9. The third-order valence-electron chi connectivity index (χ3n) is 9.06. The van der Waals surface area contributed by atoms with E-state index in [1.165, 1.54) is 0 Å². The van der Waals surface area contributed by atoms with Crippen LogP contribution in [0.3, 0.4) is 0 Å². The lowest BCUT2D eigenvalue weighted by Gasteiger charge is -2.42. The smallest absolute Gasteiger partial charge is 0.338 e. The molecule has 0 spiro atoms. The summed E-state index contributed by atoms with van der Waals surface area (Å²) < 4.78 is 18.5. The number of rotatable bonds is 5. The van der Waals surface area contributed by atoms with Gasteiger partial charge in [0.1, 0.15) is 12.7 Å². The molecule has 0 unspecified atom stereocenters. The molecule has 1 heterocycles. The molecule has 5 rings (SSSR count). The first-order valence-corrected chi connectivity index (χ1v) is 14.3. The SMILES string of the molecule is CC(C)=C1CC[C@]2(COC(=O)c3ccccc3)[C@@H](OC(=O)c3ccccc3)/C=C(\C)CC[C@@H]3O[C@@]3(C)C[C@@H](O)[C@@H]12. The zero-order valence-electron chi connectivity index (χ0n) is 23.9. The zero-order valence-corrected chi connectivity index (χ0v) is 23.9. The van der Waals surface area contributed by atoms with Crippen molar-refractivity contribution in [2.75, 3.05) is 6.61 Å². The largest absolute Gasteiger partial charge is 0.461 e. The second-order valence-electron chi connectivity index (χ2n) is 12.1. The lowest BCUT2D eigenvalue weighted by Crippen LogP contribution is -2.49. The van der Waals surface area contributed by atoms with Crippen molar-refractivity contribution in [1.29, 1.82) is 0 Å². The molecule has 0 radical (unpaired) electrons. The van der Waals surface area contributed by atoms with Crippen LogP contribution in [0.15, 0.2) is 83.5 Å². The molecule has 6 nitrogen and oxygen atoms in total. The van der Waals surface area contributed by atoms with Gasteiger partial charge in [-0.15, -0.1) is 0 Å². The summed E-state index contributed by atoms with van der Waals surface area (Å²) in [5, 5.41) is 11.9. The number of hydrogen-bond acceptors (Lipinski definition) is 6. The van der Waals surface area contributed by atoms with Crippen LogP contribution in [0.1, 0.15) is 80.5 Å². The molecule has 1 saturated carbocycles. The first kappa shape index (κ1) is 28.3. The van der Waals surface area contributed by atoms with Crippen molar-refractivity contribution >= 4 is 11.9 Å². The lowest BCUT2D eigenvalue weighted by molar-refractivity contribution is -0.0743. The fraction of sp³-hybridized carbons (Fsp3) is 0.471. The number of carbonyl (C=O) groups excluding carboxylic acids is 2. The molecule has 212 valence electrons. The topological polar surface area (TPSA) is 85.4 Å². The number of carbonyl (C=O) groups is 2. The average Bonchev–Trinajstić information content (AvgIpc) is 3.41. The van der Waals surface area contributed by atoms with E-state index < -0.39 is 35.2 Å². The van der Waals surface area contributed by atoms with Gasteiger partial charge in [0.15, 0.2) is 0 Å². The lowest BCUT2D eigenvalue weighted by atomic mass is 9.68. The molecule has 0 amide bonds. The van der Waals surface area contributed by atoms with Crippen LogP contribution in [0.5, 0.6) is 0 Å². The summed E-state index contributed by atoms with van der Waals surface area (Å²) in [5.41, 5.74) is 3.00. The van der Waals surface area contributed by atoms with Crippen LogP contribution in [0.2, 0.25) is 0 Å². The Morgan fingerprint density at radius 1 is 0.975 bits per heavy atom. The highest BCUT2D eigenvalue weighted by atomic mass is 16.6. The van der Waals surface area contributed by atoms with Crippen molar-refractivity contribution in [3.63, 3.8) is 0 Å². The Bertz CT molecular complexity index is 1290. The first-order chi connectivity index (χ1) is 19.1. The number of esters is 2. The van der Waals surface area contributed by atoms with Crippen LogP contribution in [-0.2, 0) is 14.2 Å². The summed E-state index contributed by atoms with van der Waals surface area (Å²) in [7, 11) is 0. The Morgan fingerprint density at radius 2 is 1.60 bits per heavy atom. The molecule has 0 aromatic heterocycles. The molecule has 2 aromatic rings. The minimum atomic E-state index is -0.854. The van der Waals surface area contributed by atoms with Crippen molar-refractivity contribution < 1.29 is 28.9 Å². The first-order valence-electron chi connectivity index (χ1n) is 14.3. The van der Waals surface area contributed by atoms with Gasteiger partial charge in [-0.3, -0.25) is 0 Å². The number of allylic oxidation sites excluding steroid dienone is 2. The van der Waals surface area contributed by atoms with Gasteiger partial charge < -0.3 is 19.3 Å². The molecule has 6 heteroatoms. The van der Waals surface area contributed by atoms with Gasteiger partial charge in [0.05, 0.1) is 34.4 Å². The van der Waals surface area contributed by atoms with E-state index in [1.807, 2.05) is 37.3 Å². The van der Waals surface area contributed by atoms with Crippen molar-refractivity contribution in [1.82, 2.24) is 0 Å². The minimum Gasteiger partial charge on any atom is -0.461 e. The number of ether oxygens (including phenoxy) is 3. The number of aliphatic hydroxyl groups excluding tert-OH is 1. The molecule has 2 aromatic carbocycles. The highest BCUT2D eigenvalue weighted by molar-refractivity contribution is 5.90. The molecule has 1 saturated heterocycles. The summed E-state index contributed by atoms with van der Waals surface area (Å²) in [6, 6.07) is 17.8. The van der Waals surface area contributed by atoms with E-state index in [-0.39, 0.29) is 18.6 Å². The van der Waals surface area contributed by atoms with Gasteiger partial charge >= 0.3 is 11.9 Å². The standard InChI is InChI=1S/C34H40O6/c1-22(2)26-17-18-34(21-38-31(36)24-11-7-5-8-12-24)29(39-32(37)25-13-9-6-10-14-25)19-23(3)15-16-28-33(4,40-28)20-27(35)30(26)34/h5-14,19,27-30,35H,15-18,20-21H2,1-4H3/b23-19+/t27-,28+,29+,30-,33+,34+/m1/s1. The molecule has 40 heavy (non-hydrogen) atoms. The fourth-order valence-corrected chi connectivity index (χ4v) is 6.77. The maximum Gasteiger partial charge on any atom is 0.338 e. The van der Waals surface area contributed by atoms with Crippen molar-refractivity contribution in [3.05, 3.63) is 94.6 Å². The Kier molecular flexibility index (Phi) is 8.03. The van der Waals surface area contributed by atoms with E-state index in [9.17, 15) is 14.7 Å². The van der Waals surface area contributed by atoms with E-state index >= 15 is 0 Å². The summed E-state index contributed by atoms with van der Waals surface area (Å²) in [6.07, 6.45) is 4.05. The predicted molar refractivity (Wildman–Crippen MR) is 153 cm³/mol. The Balaban J connectivity index is 1.59. The zero-order chi connectivity index (χ0) is 28.5. The molecule has 2 fully saturated rings. The number of benzene rings is 2. The highest BCUT2D eigenvalue weighted by Crippen LogP contribution is 2.56. The molecular weight excluding hydrogens is 504 g/mol. The van der Waals surface area contributed by atoms with E-state index in [2.05, 4.69) is 20.8 Å². The summed E-state index contributed by atoms with van der Waals surface area (Å²) in [4.78, 5) is 26.7. The Morgan fingerprint density at radius 3 is 2.23 bits per heavy atom. The predicted octanol–water partition coefficient (Wildman–Crippen LogP) is 6.45. The second kappa shape index (κ2) is 11.3. The van der Waals surface area contributed by atoms with Crippen LogP contribution in [0.25, 0.3) is 0 Å². The van der Waals surface area contributed by atoms with Gasteiger partial charge in [0.25, 0.3) is 0 Å². The number of aliphatic hydroxyl groups is 1. The van der Waals surface area contributed by atoms with Gasteiger partial charge in [0, 0.05) is 12.3 Å². The van der Waals surface area contributed by atoms with Crippen LogP contribution >= 0.6 is 0 Å². The van der Waals surface area contributed by atoms with E-state index in [0.717, 1.165) is 36.0 Å². The van der Waals surface area contributed by atoms with Crippen molar-refractivity contribution in [2.45, 2.75) is 83.7 Å². The number of fused-ring (bicyclic) bond motifs is 2. The van der Waals surface area contributed by atoms with Gasteiger partial charge in [-0.05, 0) is 83.7 Å². The maximum atomic E-state index is 13.5. The van der Waals surface area contributed by atoms with Gasteiger partial charge in [-0.2, -0.15) is 0 Å². The van der Waals surface area contributed by atoms with Gasteiger partial charge in [-0.25, -0.2) is 9.59 Å². The fourth-order valence-electron chi connectivity index (χ4n) is 6.77. The second-order valence-corrected chi connectivity index (χ2v) is 12.1. The molecule has 1 N–H and O–H groups in total. The van der Waals surface area contributed by atoms with E-state index in [0.29, 0.717) is 24.0 Å². The quantitative estimate of drug-likeness (QED) is 0.265. The molecule has 3 aliphatic rings. The molecule has 2 aliphatic carbocycles. The molecular formula is C34H40O6. The molecule has 1 aliphatic heterocycles. The van der Waals surface area contributed by atoms with Crippen LogP contribution in [-0.4, -0.2) is 47.6 Å². The monoisotopic (exact) mass is 544 g/mol. The maximum absolute atomic E-state index is 13.5. The van der Waals surface area contributed by atoms with Gasteiger partial charge in [-0.1, -0.05) is 53.1 Å². The highest BCUT2D eigenvalue weighted by Gasteiger charge is 2.60. The van der Waals surface area contributed by atoms with E-state index in [1.54, 1.807) is 36.4 Å².